The van der Waals surface area contributed by atoms with E-state index in [1.165, 1.54) is 11.4 Å². The van der Waals surface area contributed by atoms with Crippen molar-refractivity contribution in [3.63, 3.8) is 0 Å². The van der Waals surface area contributed by atoms with Crippen LogP contribution in [0, 0.1) is 4.51 Å². The maximum Gasteiger partial charge on any atom is 0.373 e. The molecule has 5 nitrogen and oxygen atoms in total. The van der Waals surface area contributed by atoms with Crippen molar-refractivity contribution in [1.82, 2.24) is 0 Å². The molecule has 0 amide bonds. The van der Waals surface area contributed by atoms with E-state index in [-0.39, 0.29) is 0 Å². The van der Waals surface area contributed by atoms with Gasteiger partial charge in [-0.05, 0) is 16.5 Å². The van der Waals surface area contributed by atoms with Crippen LogP contribution in [0.2, 0.25) is 0 Å². The molecule has 0 unspecified atom stereocenters. The first-order valence-electron chi connectivity index (χ1n) is 3.98. The third kappa shape index (κ3) is 1.08. The molecule has 0 saturated heterocycles. The number of para-hydroxylation sites is 1. The van der Waals surface area contributed by atoms with Crippen molar-refractivity contribution in [3.05, 3.63) is 45.0 Å². The molecule has 1 aromatic rings. The second kappa shape index (κ2) is 2.85. The molecule has 0 bridgehead atoms. The summed E-state index contributed by atoms with van der Waals surface area (Å²) in [5.74, 6) is 0.492. The van der Waals surface area contributed by atoms with Gasteiger partial charge in [0, 0.05) is 6.07 Å². The zero-order chi connectivity index (χ0) is 9.38. The summed E-state index contributed by atoms with van der Waals surface area (Å²) >= 11 is 1.54. The molecule has 2 heterocycles. The van der Waals surface area contributed by atoms with Gasteiger partial charge in [0.05, 0.1) is 0 Å². The number of nitrogens with zero attached hydrogens (tertiary/aromatic N) is 5. The van der Waals surface area contributed by atoms with E-state index in [4.69, 9.17) is 0 Å². The topological polar surface area (TPSA) is 61.8 Å². The Hall–Kier alpha value is -1.82. The monoisotopic (exact) mass is 202 g/mol. The minimum atomic E-state index is 0.492. The average molecular weight is 202 g/mol. The minimum absolute atomic E-state index is 0.492. The van der Waals surface area contributed by atoms with E-state index < -0.39 is 0 Å². The third-order valence-electron chi connectivity index (χ3n) is 1.80. The smallest absolute Gasteiger partial charge is 0.184 e. The summed E-state index contributed by atoms with van der Waals surface area (Å²) < 4.78 is 1.12. The molecule has 6 heteroatoms. The Morgan fingerprint density at radius 2 is 1.79 bits per heavy atom. The van der Waals surface area contributed by atoms with Gasteiger partial charge in [0.15, 0.2) is 0 Å². The second-order valence-corrected chi connectivity index (χ2v) is 3.72. The van der Waals surface area contributed by atoms with Gasteiger partial charge in [-0.2, -0.15) is 4.99 Å². The fourth-order valence-electron chi connectivity index (χ4n) is 1.20. The molecule has 0 atom stereocenters. The van der Waals surface area contributed by atoms with Crippen molar-refractivity contribution in [1.29, 1.82) is 0 Å². The number of fused-ring (bicyclic) bond motifs is 1. The fourth-order valence-corrected chi connectivity index (χ4v) is 2.09. The molecule has 0 aromatic heterocycles. The largest absolute Gasteiger partial charge is 0.373 e. The van der Waals surface area contributed by atoms with Gasteiger partial charge in [0.1, 0.15) is 5.36 Å². The molecule has 0 radical (unpaired) electrons. The van der Waals surface area contributed by atoms with Crippen LogP contribution in [0.3, 0.4) is 0 Å². The normalized spacial score (nSPS) is 16.9. The summed E-state index contributed by atoms with van der Waals surface area (Å²) in [7, 11) is 0. The van der Waals surface area contributed by atoms with Crippen molar-refractivity contribution in [2.45, 2.75) is 0 Å². The van der Waals surface area contributed by atoms with E-state index in [1.807, 2.05) is 24.3 Å². The highest BCUT2D eigenvalue weighted by atomic mass is 32.1. The molecule has 0 spiro atoms. The Morgan fingerprint density at radius 3 is 2.57 bits per heavy atom. The third-order valence-corrected chi connectivity index (χ3v) is 2.84. The van der Waals surface area contributed by atoms with Crippen LogP contribution in [0.25, 0.3) is 0 Å². The summed E-state index contributed by atoms with van der Waals surface area (Å²) in [5.41, 5.74) is 0. The molecule has 0 N–H and O–H groups in total. The maximum absolute atomic E-state index is 4.37. The summed E-state index contributed by atoms with van der Waals surface area (Å²) in [6.45, 7) is 0. The first kappa shape index (κ1) is 7.57. The van der Waals surface area contributed by atoms with Crippen LogP contribution in [0.4, 0.5) is 0 Å². The average Bonchev–Trinajstić information content (AvgIpc) is 2.86. The Labute approximate surface area is 82.5 Å². The molecular formula is C8H4N5S+. The van der Waals surface area contributed by atoms with Crippen LogP contribution in [0.5, 0.6) is 0 Å². The van der Waals surface area contributed by atoms with E-state index in [0.29, 0.717) is 5.82 Å². The lowest BCUT2D eigenvalue weighted by Gasteiger charge is -1.75. The first-order chi connectivity index (χ1) is 6.93. The molecule has 14 heavy (non-hydrogen) atoms. The molecule has 0 fully saturated rings. The van der Waals surface area contributed by atoms with Crippen LogP contribution < -0.4 is 5.36 Å². The maximum atomic E-state index is 4.37. The highest BCUT2D eigenvalue weighted by Crippen LogP contribution is 2.17. The van der Waals surface area contributed by atoms with Crippen LogP contribution in [-0.4, -0.2) is 0 Å². The lowest BCUT2D eigenvalue weighted by atomic mass is 10.3. The summed E-state index contributed by atoms with van der Waals surface area (Å²) in [5, 5.41) is 16.1. The lowest BCUT2D eigenvalue weighted by molar-refractivity contribution is 1.06. The van der Waals surface area contributed by atoms with Crippen molar-refractivity contribution in [2.24, 2.45) is 25.7 Å². The van der Waals surface area contributed by atoms with Crippen LogP contribution in [0.1, 0.15) is 0 Å². The van der Waals surface area contributed by atoms with Crippen molar-refractivity contribution >= 4 is 11.4 Å². The fraction of sp³-hybridized carbons (Fsp3) is 0. The van der Waals surface area contributed by atoms with Crippen molar-refractivity contribution in [3.8, 4) is 0 Å². The molecule has 0 saturated carbocycles. The first-order valence-corrected chi connectivity index (χ1v) is 4.80. The molecule has 3 rings (SSSR count). The standard InChI is InChI=1S/C8H4N5S/c1-2-4-6-5(3-1)9-8(14-6)7-10-12-13-11-7/h1-4H/q+1. The number of hydrogen-bond donors (Lipinski definition) is 0. The van der Waals surface area contributed by atoms with Gasteiger partial charge in [0.2, 0.25) is 0 Å². The zero-order valence-electron chi connectivity index (χ0n) is 6.95. The van der Waals surface area contributed by atoms with Crippen molar-refractivity contribution < 1.29 is 0 Å². The number of hydrogen-bond acceptors (Lipinski definition) is 5. The van der Waals surface area contributed by atoms with E-state index in [0.717, 1.165) is 14.9 Å². The Balaban J connectivity index is 2.29. The lowest BCUT2D eigenvalue weighted by Crippen LogP contribution is -1.96. The van der Waals surface area contributed by atoms with Gasteiger partial charge < -0.3 is 0 Å². The highest BCUT2D eigenvalue weighted by molar-refractivity contribution is 7.74. The van der Waals surface area contributed by atoms with Gasteiger partial charge in [-0.15, -0.1) is 0 Å². The quantitative estimate of drug-likeness (QED) is 0.453. The van der Waals surface area contributed by atoms with E-state index in [9.17, 15) is 0 Å². The Kier molecular flexibility index (Phi) is 1.54. The predicted octanol–water partition coefficient (Wildman–Crippen LogP) is 1.61. The van der Waals surface area contributed by atoms with Crippen LogP contribution in [-0.2, 0) is 11.4 Å². The van der Waals surface area contributed by atoms with E-state index in [2.05, 4.69) is 25.7 Å². The Morgan fingerprint density at radius 1 is 1.00 bits per heavy atom. The molecule has 1 aromatic carbocycles. The predicted molar refractivity (Wildman–Crippen MR) is 50.5 cm³/mol. The van der Waals surface area contributed by atoms with Crippen LogP contribution in [0.15, 0.2) is 60.8 Å². The van der Waals surface area contributed by atoms with Crippen molar-refractivity contribution in [2.75, 3.05) is 0 Å². The number of benzene rings is 1. The molecule has 0 aliphatic carbocycles. The summed E-state index contributed by atoms with van der Waals surface area (Å²) in [6.07, 6.45) is 0. The molecule has 2 aliphatic rings. The SMILES string of the molecule is c1ccc2c(c1)=NC(=C1N=NN=N1)[S+]=2. The van der Waals surface area contributed by atoms with Crippen LogP contribution >= 0.6 is 0 Å². The zero-order valence-corrected chi connectivity index (χ0v) is 7.77. The van der Waals surface area contributed by atoms with E-state index >= 15 is 0 Å². The van der Waals surface area contributed by atoms with Gasteiger partial charge in [-0.25, -0.2) is 0 Å². The van der Waals surface area contributed by atoms with Gasteiger partial charge >= 0.3 is 5.03 Å². The van der Waals surface area contributed by atoms with Gasteiger partial charge in [-0.3, -0.25) is 0 Å². The highest BCUT2D eigenvalue weighted by Gasteiger charge is 2.23. The minimum Gasteiger partial charge on any atom is -0.184 e. The molecule has 66 valence electrons. The van der Waals surface area contributed by atoms with Gasteiger partial charge in [-0.1, -0.05) is 22.4 Å². The van der Waals surface area contributed by atoms with E-state index in [1.54, 1.807) is 0 Å². The second-order valence-electron chi connectivity index (χ2n) is 2.69. The summed E-state index contributed by atoms with van der Waals surface area (Å²) in [6, 6.07) is 7.90. The number of rotatable bonds is 0. The Bertz CT molecular complexity index is 547. The van der Waals surface area contributed by atoms with Gasteiger partial charge in [0.25, 0.3) is 21.7 Å². The molecular weight excluding hydrogens is 198 g/mol. The summed E-state index contributed by atoms with van der Waals surface area (Å²) in [4.78, 5) is 4.37. The molecule has 2 aliphatic heterocycles.